The van der Waals surface area contributed by atoms with Crippen LogP contribution in [0.3, 0.4) is 0 Å². The predicted octanol–water partition coefficient (Wildman–Crippen LogP) is 3.66. The molecule has 1 spiro atoms. The van der Waals surface area contributed by atoms with Gasteiger partial charge in [-0.1, -0.05) is 13.3 Å². The van der Waals surface area contributed by atoms with Gasteiger partial charge in [-0.15, -0.1) is 0 Å². The number of carboxylic acid groups (broad SMARTS) is 1. The van der Waals surface area contributed by atoms with E-state index in [-0.39, 0.29) is 22.7 Å². The number of ketones is 1. The molecule has 0 saturated heterocycles. The Morgan fingerprint density at radius 1 is 1.15 bits per heavy atom. The number of Topliss-reactive ketones (excluding diaryl/α,β-unsaturated/α-hetero) is 1. The maximum absolute atomic E-state index is 13.5. The van der Waals surface area contributed by atoms with Crippen LogP contribution >= 0.6 is 0 Å². The van der Waals surface area contributed by atoms with Crippen LogP contribution < -0.4 is 0 Å². The fraction of sp³-hybridized carbons (Fsp3) is 0.905. The molecular weight excluding hydrogens is 348 g/mol. The summed E-state index contributed by atoms with van der Waals surface area (Å²) in [4.78, 5) is 25.7. The van der Waals surface area contributed by atoms with Gasteiger partial charge in [-0.2, -0.15) is 0 Å². The zero-order chi connectivity index (χ0) is 18.9. The van der Waals surface area contributed by atoms with Crippen LogP contribution in [0.5, 0.6) is 0 Å². The first-order valence-electron chi connectivity index (χ1n) is 10.2. The van der Waals surface area contributed by atoms with Gasteiger partial charge in [-0.3, -0.25) is 13.8 Å². The highest BCUT2D eigenvalue weighted by molar-refractivity contribution is 7.84. The summed E-state index contributed by atoms with van der Waals surface area (Å²) < 4.78 is 11.8. The Labute approximate surface area is 159 Å². The van der Waals surface area contributed by atoms with Crippen LogP contribution in [0.4, 0.5) is 0 Å². The van der Waals surface area contributed by atoms with Gasteiger partial charge in [0.05, 0.1) is 5.41 Å². The highest BCUT2D eigenvalue weighted by Crippen LogP contribution is 2.71. The van der Waals surface area contributed by atoms with Crippen molar-refractivity contribution in [1.82, 2.24) is 0 Å². The van der Waals surface area contributed by atoms with Crippen molar-refractivity contribution in [3.05, 3.63) is 0 Å². The zero-order valence-corrected chi connectivity index (χ0v) is 17.1. The van der Waals surface area contributed by atoms with Gasteiger partial charge in [0.1, 0.15) is 5.78 Å². The lowest BCUT2D eigenvalue weighted by molar-refractivity contribution is -0.202. The quantitative estimate of drug-likeness (QED) is 0.811. The first-order valence-corrected chi connectivity index (χ1v) is 12.0. The number of carboxylic acids is 1. The van der Waals surface area contributed by atoms with E-state index in [0.717, 1.165) is 51.4 Å². The second-order valence-electron chi connectivity index (χ2n) is 10.1. The van der Waals surface area contributed by atoms with Crippen molar-refractivity contribution in [2.75, 3.05) is 12.0 Å². The Kier molecular flexibility index (Phi) is 4.22. The van der Waals surface area contributed by atoms with Crippen molar-refractivity contribution in [3.8, 4) is 0 Å². The second kappa shape index (κ2) is 5.89. The molecule has 2 bridgehead atoms. The molecule has 0 amide bonds. The second-order valence-corrected chi connectivity index (χ2v) is 11.6. The predicted molar refractivity (Wildman–Crippen MR) is 101 cm³/mol. The Bertz CT molecular complexity index is 675. The van der Waals surface area contributed by atoms with Gasteiger partial charge in [0.25, 0.3) is 0 Å². The van der Waals surface area contributed by atoms with Crippen LogP contribution in [0.1, 0.15) is 65.2 Å². The van der Waals surface area contributed by atoms with E-state index in [1.54, 1.807) is 6.26 Å². The summed E-state index contributed by atoms with van der Waals surface area (Å²) in [6.45, 7) is 4.24. The summed E-state index contributed by atoms with van der Waals surface area (Å²) >= 11 is 0. The molecule has 26 heavy (non-hydrogen) atoms. The summed E-state index contributed by atoms with van der Waals surface area (Å²) in [7, 11) is -0.937. The summed E-state index contributed by atoms with van der Waals surface area (Å²) in [5, 5.41) is 9.97. The summed E-state index contributed by atoms with van der Waals surface area (Å²) in [6, 6.07) is 0. The van der Waals surface area contributed by atoms with Crippen molar-refractivity contribution in [2.45, 2.75) is 65.2 Å². The van der Waals surface area contributed by atoms with Gasteiger partial charge in [0.15, 0.2) is 0 Å². The number of hydrogen-bond acceptors (Lipinski definition) is 3. The third kappa shape index (κ3) is 2.28. The van der Waals surface area contributed by atoms with Gasteiger partial charge in [0, 0.05) is 34.1 Å². The molecule has 5 aliphatic rings. The summed E-state index contributed by atoms with van der Waals surface area (Å²) in [6.07, 6.45) is 9.27. The molecule has 5 aliphatic carbocycles. The van der Waals surface area contributed by atoms with E-state index >= 15 is 0 Å². The van der Waals surface area contributed by atoms with E-state index in [1.165, 1.54) is 0 Å². The fourth-order valence-corrected chi connectivity index (χ4v) is 8.86. The van der Waals surface area contributed by atoms with Gasteiger partial charge in [-0.25, -0.2) is 0 Å². The van der Waals surface area contributed by atoms with Crippen LogP contribution in [0.2, 0.25) is 0 Å². The van der Waals surface area contributed by atoms with Gasteiger partial charge in [-0.05, 0) is 75.0 Å². The number of aliphatic carboxylic acids is 1. The largest absolute Gasteiger partial charge is 0.481 e. The minimum absolute atomic E-state index is 0.0274. The number of hydrogen-bond donors (Lipinski definition) is 1. The van der Waals surface area contributed by atoms with Crippen molar-refractivity contribution in [1.29, 1.82) is 0 Å². The standard InChI is InChI=1S/C21H32O4S/c1-19-7-4-8-20(2,18(23)24)15(19)6-10-21-9-5-13(11-16(19)21)14(17(21)22)12-26(3)25/h13-16H,4-12H2,1-3H3,(H,23,24)/t13-,14-,15-,16-,19+,20+,21-,26?/m0/s1. The summed E-state index contributed by atoms with van der Waals surface area (Å²) in [5.41, 5.74) is -0.965. The van der Waals surface area contributed by atoms with E-state index in [0.29, 0.717) is 23.4 Å². The van der Waals surface area contributed by atoms with E-state index in [1.807, 2.05) is 6.92 Å². The highest BCUT2D eigenvalue weighted by Gasteiger charge is 2.68. The van der Waals surface area contributed by atoms with Gasteiger partial charge in [0.2, 0.25) is 0 Å². The third-order valence-corrected chi connectivity index (χ3v) is 9.95. The first-order chi connectivity index (χ1) is 12.1. The summed E-state index contributed by atoms with van der Waals surface area (Å²) in [5.74, 6) is 1.05. The normalized spacial score (nSPS) is 51.4. The molecule has 0 aromatic heterocycles. The molecule has 1 unspecified atom stereocenters. The molecule has 5 rings (SSSR count). The Morgan fingerprint density at radius 2 is 1.85 bits per heavy atom. The van der Waals surface area contributed by atoms with Crippen LogP contribution in [0, 0.1) is 39.9 Å². The van der Waals surface area contributed by atoms with Crippen molar-refractivity contribution >= 4 is 22.6 Å². The molecule has 0 radical (unpaired) electrons. The van der Waals surface area contributed by atoms with Crippen LogP contribution in [-0.4, -0.2) is 33.1 Å². The molecule has 1 N–H and O–H groups in total. The monoisotopic (exact) mass is 380 g/mol. The lowest BCUT2D eigenvalue weighted by atomic mass is 9.36. The van der Waals surface area contributed by atoms with Crippen molar-refractivity contribution < 1.29 is 18.9 Å². The molecule has 5 saturated carbocycles. The Balaban J connectivity index is 1.72. The van der Waals surface area contributed by atoms with E-state index in [2.05, 4.69) is 6.92 Å². The molecule has 0 aliphatic heterocycles. The molecule has 0 heterocycles. The first kappa shape index (κ1) is 18.6. The van der Waals surface area contributed by atoms with Crippen molar-refractivity contribution in [2.24, 2.45) is 39.9 Å². The smallest absolute Gasteiger partial charge is 0.309 e. The van der Waals surface area contributed by atoms with Crippen LogP contribution in [0.15, 0.2) is 0 Å². The van der Waals surface area contributed by atoms with Gasteiger partial charge < -0.3 is 5.11 Å². The lowest BCUT2D eigenvalue weighted by Gasteiger charge is -2.67. The zero-order valence-electron chi connectivity index (χ0n) is 16.3. The molecular formula is C21H32O4S. The molecule has 0 aromatic rings. The highest BCUT2D eigenvalue weighted by atomic mass is 32.2. The van der Waals surface area contributed by atoms with Crippen LogP contribution in [-0.2, 0) is 20.4 Å². The molecule has 0 aromatic carbocycles. The van der Waals surface area contributed by atoms with Crippen LogP contribution in [0.25, 0.3) is 0 Å². The van der Waals surface area contributed by atoms with E-state index in [9.17, 15) is 18.9 Å². The van der Waals surface area contributed by atoms with Gasteiger partial charge >= 0.3 is 5.97 Å². The Morgan fingerprint density at radius 3 is 2.50 bits per heavy atom. The fourth-order valence-electron chi connectivity index (χ4n) is 7.93. The number of fused-ring (bicyclic) bond motifs is 3. The molecule has 146 valence electrons. The molecule has 8 atom stereocenters. The average Bonchev–Trinajstić information content (AvgIpc) is 2.57. The van der Waals surface area contributed by atoms with E-state index < -0.39 is 22.2 Å². The number of carbonyl (C=O) groups is 2. The maximum atomic E-state index is 13.5. The number of rotatable bonds is 3. The minimum atomic E-state index is -0.937. The maximum Gasteiger partial charge on any atom is 0.309 e. The van der Waals surface area contributed by atoms with Crippen molar-refractivity contribution in [3.63, 3.8) is 0 Å². The third-order valence-electron chi connectivity index (χ3n) is 9.12. The topological polar surface area (TPSA) is 71.4 Å². The average molecular weight is 381 g/mol. The molecule has 5 heteroatoms. The molecule has 5 fully saturated rings. The number of carbonyl (C=O) groups excluding carboxylic acids is 1. The lowest BCUT2D eigenvalue weighted by Crippen LogP contribution is -2.65. The minimum Gasteiger partial charge on any atom is -0.481 e. The Hall–Kier alpha value is -0.710. The molecule has 4 nitrogen and oxygen atoms in total. The SMILES string of the molecule is CS(=O)C[C@@H]1C(=O)[C@]23CC[C@H]1C[C@H]2[C@]1(C)CCC[C@@](C)(C(=O)O)[C@H]1CC3. The van der Waals surface area contributed by atoms with E-state index in [4.69, 9.17) is 0 Å².